The van der Waals surface area contributed by atoms with Gasteiger partial charge >= 0.3 is 0 Å². The van der Waals surface area contributed by atoms with Crippen LogP contribution in [0.3, 0.4) is 0 Å². The van der Waals surface area contributed by atoms with Crippen molar-refractivity contribution in [1.82, 2.24) is 0 Å². The molecular weight excluding hydrogens is 328 g/mol. The van der Waals surface area contributed by atoms with Crippen LogP contribution in [0.15, 0.2) is 83.6 Å². The molecule has 6 heteroatoms. The van der Waals surface area contributed by atoms with Crippen LogP contribution < -0.4 is 0 Å². The fourth-order valence-corrected chi connectivity index (χ4v) is 2.88. The molecule has 128 valence electrons. The summed E-state index contributed by atoms with van der Waals surface area (Å²) in [6.07, 6.45) is 3.42. The van der Waals surface area contributed by atoms with Crippen molar-refractivity contribution in [2.45, 2.75) is 9.79 Å². The van der Waals surface area contributed by atoms with Gasteiger partial charge in [-0.2, -0.15) is 0 Å². The van der Waals surface area contributed by atoms with Gasteiger partial charge in [-0.1, -0.05) is 12.2 Å². The molecule has 5 nitrogen and oxygen atoms in total. The number of benzene rings is 2. The van der Waals surface area contributed by atoms with Crippen molar-refractivity contribution in [2.24, 2.45) is 0 Å². The Morgan fingerprint density at radius 2 is 1.12 bits per heavy atom. The molecule has 0 atom stereocenters. The summed E-state index contributed by atoms with van der Waals surface area (Å²) in [5.41, 5.74) is 0. The average molecular weight is 348 g/mol. The van der Waals surface area contributed by atoms with Gasteiger partial charge in [0, 0.05) is 0 Å². The van der Waals surface area contributed by atoms with Crippen molar-refractivity contribution >= 4 is 9.84 Å². The van der Waals surface area contributed by atoms with E-state index in [0.717, 1.165) is 0 Å². The highest BCUT2D eigenvalue weighted by atomic mass is 32.2. The van der Waals surface area contributed by atoms with Gasteiger partial charge in [0.25, 0.3) is 0 Å². The molecule has 0 unspecified atom stereocenters. The van der Waals surface area contributed by atoms with E-state index in [1.807, 2.05) is 0 Å². The summed E-state index contributed by atoms with van der Waals surface area (Å²) >= 11 is 0. The molecule has 2 aromatic carbocycles. The second-order valence-corrected chi connectivity index (χ2v) is 6.56. The van der Waals surface area contributed by atoms with E-state index in [0.29, 0.717) is 13.2 Å². The summed E-state index contributed by atoms with van der Waals surface area (Å²) in [6.45, 7) is 8.18. The first kappa shape index (κ1) is 19.5. The van der Waals surface area contributed by atoms with Gasteiger partial charge < -0.3 is 14.9 Å². The van der Waals surface area contributed by atoms with Crippen LogP contribution in [0.25, 0.3) is 0 Å². The van der Waals surface area contributed by atoms with Crippen LogP contribution in [0.1, 0.15) is 0 Å². The largest absolute Gasteiger partial charge is 0.508 e. The number of rotatable bonds is 6. The van der Waals surface area contributed by atoms with E-state index >= 15 is 0 Å². The molecule has 24 heavy (non-hydrogen) atoms. The number of hydrogen-bond donors (Lipinski definition) is 2. The number of sulfone groups is 1. The predicted octanol–water partition coefficient (Wildman–Crippen LogP) is 3.31. The summed E-state index contributed by atoms with van der Waals surface area (Å²) in [7, 11) is -3.59. The first-order chi connectivity index (χ1) is 11.4. The molecule has 0 aliphatic rings. The number of phenolic OH excluding ortho intramolecular Hbond substituents is 2. The van der Waals surface area contributed by atoms with Gasteiger partial charge in [-0.25, -0.2) is 8.42 Å². The predicted molar refractivity (Wildman–Crippen MR) is 92.9 cm³/mol. The third-order valence-corrected chi connectivity index (χ3v) is 4.55. The molecule has 0 aromatic heterocycles. The fraction of sp³-hybridized carbons (Fsp3) is 0.111. The Bertz CT molecular complexity index is 688. The Labute approximate surface area is 142 Å². The van der Waals surface area contributed by atoms with Crippen molar-refractivity contribution in [1.29, 1.82) is 0 Å². The van der Waals surface area contributed by atoms with Crippen molar-refractivity contribution in [2.75, 3.05) is 13.2 Å². The Morgan fingerprint density at radius 1 is 0.792 bits per heavy atom. The van der Waals surface area contributed by atoms with Gasteiger partial charge in [-0.3, -0.25) is 0 Å². The van der Waals surface area contributed by atoms with Crippen molar-refractivity contribution in [3.8, 4) is 11.5 Å². The summed E-state index contributed by atoms with van der Waals surface area (Å²) < 4.78 is 29.1. The van der Waals surface area contributed by atoms with Crippen LogP contribution in [0.5, 0.6) is 11.5 Å². The van der Waals surface area contributed by atoms with Crippen LogP contribution in [0.2, 0.25) is 0 Å². The normalized spacial score (nSPS) is 10.3. The molecule has 0 spiro atoms. The van der Waals surface area contributed by atoms with E-state index in [1.54, 1.807) is 12.2 Å². The van der Waals surface area contributed by atoms with E-state index < -0.39 is 9.84 Å². The summed E-state index contributed by atoms with van der Waals surface area (Å²) in [5, 5.41) is 18.2. The first-order valence-corrected chi connectivity index (χ1v) is 8.53. The third kappa shape index (κ3) is 5.91. The van der Waals surface area contributed by atoms with Gasteiger partial charge in [0.05, 0.1) is 23.0 Å². The topological polar surface area (TPSA) is 83.8 Å². The van der Waals surface area contributed by atoms with E-state index in [9.17, 15) is 8.42 Å². The number of hydrogen-bond acceptors (Lipinski definition) is 5. The molecule has 2 rings (SSSR count). The van der Waals surface area contributed by atoms with Crippen molar-refractivity contribution < 1.29 is 23.4 Å². The van der Waals surface area contributed by atoms with Crippen LogP contribution in [-0.4, -0.2) is 31.8 Å². The molecule has 0 heterocycles. The highest BCUT2D eigenvalue weighted by Crippen LogP contribution is 2.23. The van der Waals surface area contributed by atoms with E-state index in [1.165, 1.54) is 48.5 Å². The van der Waals surface area contributed by atoms with Gasteiger partial charge in [0.2, 0.25) is 9.84 Å². The van der Waals surface area contributed by atoms with Gasteiger partial charge in [0.1, 0.15) is 11.5 Å². The molecular formula is C18H20O5S. The number of aromatic hydroxyl groups is 2. The molecule has 0 amide bonds. The lowest BCUT2D eigenvalue weighted by Gasteiger charge is -2.04. The molecule has 0 aliphatic heterocycles. The lowest BCUT2D eigenvalue weighted by Crippen LogP contribution is -2.01. The molecule has 2 aromatic rings. The van der Waals surface area contributed by atoms with Crippen LogP contribution >= 0.6 is 0 Å². The molecule has 0 aliphatic carbocycles. The average Bonchev–Trinajstić information content (AvgIpc) is 2.57. The van der Waals surface area contributed by atoms with Crippen LogP contribution in [0.4, 0.5) is 0 Å². The Morgan fingerprint density at radius 3 is 1.42 bits per heavy atom. The van der Waals surface area contributed by atoms with Crippen LogP contribution in [0, 0.1) is 0 Å². The Hall–Kier alpha value is -2.57. The molecule has 0 saturated carbocycles. The number of phenols is 2. The maximum Gasteiger partial charge on any atom is 0.206 e. The summed E-state index contributed by atoms with van der Waals surface area (Å²) in [4.78, 5) is 0.196. The Kier molecular flexibility index (Phi) is 7.74. The van der Waals surface area contributed by atoms with E-state index in [-0.39, 0.29) is 21.3 Å². The lowest BCUT2D eigenvalue weighted by atomic mass is 10.3. The van der Waals surface area contributed by atoms with Gasteiger partial charge in [-0.05, 0) is 48.5 Å². The second kappa shape index (κ2) is 9.54. The third-order valence-electron chi connectivity index (χ3n) is 2.77. The summed E-state index contributed by atoms with van der Waals surface area (Å²) in [6, 6.07) is 10.6. The molecule has 0 fully saturated rings. The minimum absolute atomic E-state index is 0.00894. The smallest absolute Gasteiger partial charge is 0.206 e. The number of ether oxygens (including phenoxy) is 1. The van der Waals surface area contributed by atoms with Gasteiger partial charge in [-0.15, -0.1) is 13.2 Å². The minimum atomic E-state index is -3.59. The van der Waals surface area contributed by atoms with Gasteiger partial charge in [0.15, 0.2) is 0 Å². The SMILES string of the molecule is C=CCOCC=C.O=S(=O)(c1ccc(O)cc1)c1ccc(O)cc1. The monoisotopic (exact) mass is 348 g/mol. The highest BCUT2D eigenvalue weighted by Gasteiger charge is 2.17. The molecule has 0 bridgehead atoms. The maximum atomic E-state index is 12.1. The zero-order valence-corrected chi connectivity index (χ0v) is 13.9. The standard InChI is InChI=1S/C12H10O4S.C6H10O/c13-9-1-5-11(6-2-9)17(15,16)12-7-3-10(14)4-8-12;1-3-5-7-6-4-2/h1-8,13-14H;3-4H,1-2,5-6H2. The molecule has 2 N–H and O–H groups in total. The second-order valence-electron chi connectivity index (χ2n) is 4.61. The Balaban J connectivity index is 0.000000351. The zero-order chi connectivity index (χ0) is 18.0. The van der Waals surface area contributed by atoms with E-state index in [4.69, 9.17) is 14.9 Å². The maximum absolute atomic E-state index is 12.1. The lowest BCUT2D eigenvalue weighted by molar-refractivity contribution is 0.194. The van der Waals surface area contributed by atoms with Crippen molar-refractivity contribution in [3.05, 3.63) is 73.8 Å². The molecule has 0 saturated heterocycles. The molecule has 0 radical (unpaired) electrons. The first-order valence-electron chi connectivity index (χ1n) is 7.04. The minimum Gasteiger partial charge on any atom is -0.508 e. The summed E-state index contributed by atoms with van der Waals surface area (Å²) in [5.74, 6) is 0.0179. The van der Waals surface area contributed by atoms with Crippen molar-refractivity contribution in [3.63, 3.8) is 0 Å². The highest BCUT2D eigenvalue weighted by molar-refractivity contribution is 7.91. The fourth-order valence-electron chi connectivity index (χ4n) is 1.62. The quantitative estimate of drug-likeness (QED) is 0.618. The van der Waals surface area contributed by atoms with Crippen LogP contribution in [-0.2, 0) is 14.6 Å². The van der Waals surface area contributed by atoms with E-state index in [2.05, 4.69) is 13.2 Å². The zero-order valence-electron chi connectivity index (χ0n) is 13.1.